The Kier molecular flexibility index (Phi) is 6.36. The van der Waals surface area contributed by atoms with E-state index in [4.69, 9.17) is 0 Å². The fourth-order valence-electron chi connectivity index (χ4n) is 2.90. The van der Waals surface area contributed by atoms with Crippen LogP contribution in [0.3, 0.4) is 0 Å². The number of carbonyl (C=O) groups excluding carboxylic acids is 1. The summed E-state index contributed by atoms with van der Waals surface area (Å²) >= 11 is 0. The van der Waals surface area contributed by atoms with E-state index in [0.717, 1.165) is 36.3 Å². The number of H-pyrrole nitrogens is 1. The van der Waals surface area contributed by atoms with Gasteiger partial charge < -0.3 is 15.5 Å². The van der Waals surface area contributed by atoms with Gasteiger partial charge in [-0.3, -0.25) is 9.89 Å². The number of nitrogens with zero attached hydrogens (tertiary/aromatic N) is 2. The Bertz CT molecular complexity index is 698. The third kappa shape index (κ3) is 4.14. The highest BCUT2D eigenvalue weighted by molar-refractivity contribution is 5.94. The average molecular weight is 350 g/mol. The molecule has 3 N–H and O–H groups in total. The minimum Gasteiger partial charge on any atom is -0.347 e. The second-order valence-corrected chi connectivity index (χ2v) is 6.15. The van der Waals surface area contributed by atoms with E-state index in [1.807, 2.05) is 26.2 Å². The molecular formula is C17H24ClN5O. The maximum Gasteiger partial charge on any atom is 0.272 e. The number of halogens is 1. The lowest BCUT2D eigenvalue weighted by atomic mass is 10.1. The van der Waals surface area contributed by atoms with Crippen LogP contribution in [0.1, 0.15) is 32.9 Å². The van der Waals surface area contributed by atoms with Crippen LogP contribution in [0.25, 0.3) is 0 Å². The molecule has 0 fully saturated rings. The Morgan fingerprint density at radius 3 is 2.79 bits per heavy atom. The van der Waals surface area contributed by atoms with Gasteiger partial charge in [-0.2, -0.15) is 5.10 Å². The van der Waals surface area contributed by atoms with Crippen molar-refractivity contribution in [1.82, 2.24) is 25.7 Å². The number of aromatic amines is 1. The number of hydrogen-bond donors (Lipinski definition) is 3. The molecule has 0 saturated heterocycles. The highest BCUT2D eigenvalue weighted by atomic mass is 35.5. The lowest BCUT2D eigenvalue weighted by Gasteiger charge is -2.15. The molecule has 3 rings (SSSR count). The van der Waals surface area contributed by atoms with Crippen molar-refractivity contribution >= 4 is 18.3 Å². The molecule has 1 aromatic heterocycles. The van der Waals surface area contributed by atoms with Crippen LogP contribution < -0.4 is 10.6 Å². The molecule has 0 aliphatic carbocycles. The van der Waals surface area contributed by atoms with Gasteiger partial charge >= 0.3 is 0 Å². The quantitative estimate of drug-likeness (QED) is 0.764. The van der Waals surface area contributed by atoms with Crippen LogP contribution >= 0.6 is 12.4 Å². The number of aromatic nitrogens is 2. The molecule has 1 aliphatic rings. The van der Waals surface area contributed by atoms with Crippen LogP contribution in [-0.4, -0.2) is 41.6 Å². The van der Waals surface area contributed by atoms with Gasteiger partial charge in [0.15, 0.2) is 5.69 Å². The van der Waals surface area contributed by atoms with Crippen molar-refractivity contribution in [2.75, 3.05) is 20.6 Å². The van der Waals surface area contributed by atoms with Crippen LogP contribution in [0, 0.1) is 0 Å². The molecule has 0 unspecified atom stereocenters. The van der Waals surface area contributed by atoms with Gasteiger partial charge in [0.1, 0.15) is 0 Å². The standard InChI is InChI=1S/C17H23N5O.ClH/c1-22(2)11-13-6-4-3-5-12(13)9-19-17(23)16-14-10-18-8-7-15(14)20-21-16;/h3-6,18H,7-11H2,1-2H3,(H,19,23)(H,20,21);1H. The Morgan fingerprint density at radius 2 is 2.04 bits per heavy atom. The predicted molar refractivity (Wildman–Crippen MR) is 96.2 cm³/mol. The first-order valence-electron chi connectivity index (χ1n) is 7.91. The molecule has 0 radical (unpaired) electrons. The maximum absolute atomic E-state index is 12.5. The molecule has 24 heavy (non-hydrogen) atoms. The minimum atomic E-state index is -0.120. The summed E-state index contributed by atoms with van der Waals surface area (Å²) in [5.41, 5.74) is 4.94. The van der Waals surface area contributed by atoms with Crippen LogP contribution in [0.4, 0.5) is 0 Å². The molecule has 0 atom stereocenters. The highest BCUT2D eigenvalue weighted by Crippen LogP contribution is 2.16. The summed E-state index contributed by atoms with van der Waals surface area (Å²) in [6.07, 6.45) is 0.890. The van der Waals surface area contributed by atoms with Gasteiger partial charge in [-0.1, -0.05) is 24.3 Å². The third-order valence-corrected chi connectivity index (χ3v) is 4.07. The van der Waals surface area contributed by atoms with Crippen LogP contribution in [0.15, 0.2) is 24.3 Å². The van der Waals surface area contributed by atoms with E-state index in [-0.39, 0.29) is 18.3 Å². The Hall–Kier alpha value is -1.89. The lowest BCUT2D eigenvalue weighted by molar-refractivity contribution is 0.0944. The number of carbonyl (C=O) groups is 1. The second-order valence-electron chi connectivity index (χ2n) is 6.15. The van der Waals surface area contributed by atoms with E-state index >= 15 is 0 Å². The van der Waals surface area contributed by atoms with Crippen molar-refractivity contribution in [3.63, 3.8) is 0 Å². The summed E-state index contributed by atoms with van der Waals surface area (Å²) in [7, 11) is 4.08. The first-order valence-corrected chi connectivity index (χ1v) is 7.91. The van der Waals surface area contributed by atoms with E-state index in [0.29, 0.717) is 18.8 Å². The lowest BCUT2D eigenvalue weighted by Crippen LogP contribution is -2.28. The van der Waals surface area contributed by atoms with Crippen molar-refractivity contribution < 1.29 is 4.79 Å². The van der Waals surface area contributed by atoms with Crippen LogP contribution in [0.5, 0.6) is 0 Å². The molecule has 1 amide bonds. The zero-order valence-corrected chi connectivity index (χ0v) is 14.9. The Balaban J connectivity index is 0.00000208. The SMILES string of the molecule is CN(C)Cc1ccccc1CNC(=O)c1n[nH]c2c1CNCC2.Cl. The number of hydrogen-bond acceptors (Lipinski definition) is 4. The van der Waals surface area contributed by atoms with E-state index in [1.165, 1.54) is 5.56 Å². The van der Waals surface area contributed by atoms with Gasteiger partial charge in [0.25, 0.3) is 5.91 Å². The van der Waals surface area contributed by atoms with Crippen LogP contribution in [0.2, 0.25) is 0 Å². The molecule has 0 saturated carbocycles. The van der Waals surface area contributed by atoms with Gasteiger partial charge in [0, 0.05) is 43.9 Å². The molecule has 7 heteroatoms. The molecule has 1 aromatic carbocycles. The van der Waals surface area contributed by atoms with E-state index in [2.05, 4.69) is 37.9 Å². The van der Waals surface area contributed by atoms with Crippen molar-refractivity contribution in [2.24, 2.45) is 0 Å². The summed E-state index contributed by atoms with van der Waals surface area (Å²) in [4.78, 5) is 14.6. The zero-order valence-electron chi connectivity index (χ0n) is 14.1. The van der Waals surface area contributed by atoms with E-state index in [1.54, 1.807) is 0 Å². The van der Waals surface area contributed by atoms with E-state index < -0.39 is 0 Å². The molecule has 2 heterocycles. The molecule has 2 aromatic rings. The first kappa shape index (κ1) is 18.4. The largest absolute Gasteiger partial charge is 0.347 e. The second kappa shape index (κ2) is 8.28. The number of amides is 1. The average Bonchev–Trinajstić information content (AvgIpc) is 2.97. The monoisotopic (exact) mass is 349 g/mol. The zero-order chi connectivity index (χ0) is 16.2. The van der Waals surface area contributed by atoms with Gasteiger partial charge in [0.2, 0.25) is 0 Å². The predicted octanol–water partition coefficient (Wildman–Crippen LogP) is 1.47. The molecular weight excluding hydrogens is 326 g/mol. The Morgan fingerprint density at radius 1 is 1.29 bits per heavy atom. The number of nitrogens with one attached hydrogen (secondary N) is 3. The van der Waals surface area contributed by atoms with E-state index in [9.17, 15) is 4.79 Å². The molecule has 1 aliphatic heterocycles. The minimum absolute atomic E-state index is 0. The molecule has 6 nitrogen and oxygen atoms in total. The third-order valence-electron chi connectivity index (χ3n) is 4.07. The first-order chi connectivity index (χ1) is 11.1. The molecule has 130 valence electrons. The molecule has 0 spiro atoms. The Labute approximate surface area is 148 Å². The molecule has 0 bridgehead atoms. The summed E-state index contributed by atoms with van der Waals surface area (Å²) < 4.78 is 0. The van der Waals surface area contributed by atoms with Crippen molar-refractivity contribution in [2.45, 2.75) is 26.1 Å². The van der Waals surface area contributed by atoms with Crippen molar-refractivity contribution in [3.05, 3.63) is 52.3 Å². The van der Waals surface area contributed by atoms with Gasteiger partial charge in [-0.15, -0.1) is 12.4 Å². The number of fused-ring (bicyclic) bond motifs is 1. The van der Waals surface area contributed by atoms with Crippen LogP contribution in [-0.2, 0) is 26.1 Å². The fourth-order valence-corrected chi connectivity index (χ4v) is 2.90. The smallest absolute Gasteiger partial charge is 0.272 e. The topological polar surface area (TPSA) is 73.0 Å². The summed E-state index contributed by atoms with van der Waals surface area (Å²) in [6.45, 7) is 2.99. The summed E-state index contributed by atoms with van der Waals surface area (Å²) in [5.74, 6) is -0.120. The van der Waals surface area contributed by atoms with Crippen molar-refractivity contribution in [1.29, 1.82) is 0 Å². The van der Waals surface area contributed by atoms with Crippen molar-refractivity contribution in [3.8, 4) is 0 Å². The highest BCUT2D eigenvalue weighted by Gasteiger charge is 2.21. The van der Waals surface area contributed by atoms with Gasteiger partial charge in [0.05, 0.1) is 0 Å². The van der Waals surface area contributed by atoms with Gasteiger partial charge in [-0.25, -0.2) is 0 Å². The summed E-state index contributed by atoms with van der Waals surface area (Å²) in [6, 6.07) is 8.18. The number of rotatable bonds is 5. The van der Waals surface area contributed by atoms with Gasteiger partial charge in [-0.05, 0) is 25.2 Å². The fraction of sp³-hybridized carbons (Fsp3) is 0.412. The number of benzene rings is 1. The summed E-state index contributed by atoms with van der Waals surface area (Å²) in [5, 5.41) is 13.5. The normalized spacial score (nSPS) is 13.3. The maximum atomic E-state index is 12.5.